The van der Waals surface area contributed by atoms with Crippen molar-refractivity contribution in [1.29, 1.82) is 0 Å². The van der Waals surface area contributed by atoms with Crippen LogP contribution >= 0.6 is 0 Å². The minimum Gasteiger partial charge on any atom is -0.493 e. The predicted molar refractivity (Wildman–Crippen MR) is 112 cm³/mol. The minimum atomic E-state index is -3.27. The molecule has 0 spiro atoms. The lowest BCUT2D eigenvalue weighted by Crippen LogP contribution is -2.39. The van der Waals surface area contributed by atoms with Crippen molar-refractivity contribution in [1.82, 2.24) is 10.2 Å². The first-order valence-electron chi connectivity index (χ1n) is 10.2. The number of benzene rings is 1. The number of ether oxygens (including phenoxy) is 1. The molecule has 2 amide bonds. The monoisotopic (exact) mass is 424 g/mol. The van der Waals surface area contributed by atoms with Crippen molar-refractivity contribution in [3.8, 4) is 5.75 Å². The summed E-state index contributed by atoms with van der Waals surface area (Å²) in [4.78, 5) is 26.0. The number of carbonyl (C=O) groups excluding carboxylic acids is 2. The summed E-state index contributed by atoms with van der Waals surface area (Å²) >= 11 is 0. The van der Waals surface area contributed by atoms with Crippen LogP contribution in [-0.4, -0.2) is 58.1 Å². The number of sulfone groups is 1. The summed E-state index contributed by atoms with van der Waals surface area (Å²) in [6.45, 7) is 0.862. The van der Waals surface area contributed by atoms with Crippen molar-refractivity contribution < 1.29 is 22.7 Å². The lowest BCUT2D eigenvalue weighted by atomic mass is 9.87. The average molecular weight is 425 g/mol. The van der Waals surface area contributed by atoms with Crippen LogP contribution in [-0.2, 0) is 19.4 Å². The van der Waals surface area contributed by atoms with E-state index >= 15 is 0 Å². The molecule has 1 aliphatic carbocycles. The summed E-state index contributed by atoms with van der Waals surface area (Å²) in [5, 5.41) is 2.73. The van der Waals surface area contributed by atoms with Crippen LogP contribution in [0.5, 0.6) is 5.75 Å². The van der Waals surface area contributed by atoms with Crippen molar-refractivity contribution >= 4 is 21.7 Å². The number of likely N-dealkylation sites (N-methyl/N-ethyl adjacent to an activating group) is 1. The molecule has 29 heavy (non-hydrogen) atoms. The van der Waals surface area contributed by atoms with Gasteiger partial charge < -0.3 is 15.0 Å². The molecule has 1 fully saturated rings. The third-order valence-corrected chi connectivity index (χ3v) is 6.31. The first-order chi connectivity index (χ1) is 13.8. The van der Waals surface area contributed by atoms with Gasteiger partial charge in [-0.15, -0.1) is 0 Å². The number of nitrogens with one attached hydrogen (secondary N) is 1. The van der Waals surface area contributed by atoms with E-state index in [1.807, 2.05) is 0 Å². The predicted octanol–water partition coefficient (Wildman–Crippen LogP) is 2.40. The Hall–Kier alpha value is -2.09. The van der Waals surface area contributed by atoms with Gasteiger partial charge in [0.25, 0.3) is 0 Å². The number of amides is 2. The Morgan fingerprint density at radius 2 is 1.93 bits per heavy atom. The fourth-order valence-corrected chi connectivity index (χ4v) is 4.10. The fourth-order valence-electron chi connectivity index (χ4n) is 3.45. The maximum absolute atomic E-state index is 12.2. The Labute approximate surface area is 173 Å². The molecule has 0 aromatic heterocycles. The fraction of sp³-hybridized carbons (Fsp3) is 0.619. The first kappa shape index (κ1) is 23.2. The van der Waals surface area contributed by atoms with Gasteiger partial charge in [-0.3, -0.25) is 9.59 Å². The van der Waals surface area contributed by atoms with E-state index in [1.165, 1.54) is 31.4 Å². The smallest absolute Gasteiger partial charge is 0.241 e. The van der Waals surface area contributed by atoms with Gasteiger partial charge in [0.15, 0.2) is 9.84 Å². The highest BCUT2D eigenvalue weighted by molar-refractivity contribution is 7.90. The van der Waals surface area contributed by atoms with Crippen LogP contribution < -0.4 is 10.1 Å². The number of rotatable bonds is 10. The zero-order valence-corrected chi connectivity index (χ0v) is 18.2. The van der Waals surface area contributed by atoms with E-state index in [4.69, 9.17) is 4.74 Å². The zero-order valence-electron chi connectivity index (χ0n) is 17.4. The molecule has 2 rings (SSSR count). The summed E-state index contributed by atoms with van der Waals surface area (Å²) in [5.41, 5.74) is 0. The van der Waals surface area contributed by atoms with Gasteiger partial charge in [0.2, 0.25) is 11.8 Å². The summed E-state index contributed by atoms with van der Waals surface area (Å²) in [6, 6.07) is 6.35. The van der Waals surface area contributed by atoms with Gasteiger partial charge in [0, 0.05) is 26.3 Å². The highest BCUT2D eigenvalue weighted by Crippen LogP contribution is 2.26. The van der Waals surface area contributed by atoms with Crippen LogP contribution in [0, 0.1) is 5.92 Å². The molecule has 1 aromatic rings. The Morgan fingerprint density at radius 1 is 1.21 bits per heavy atom. The molecule has 0 aliphatic heterocycles. The molecule has 0 saturated heterocycles. The Kier molecular flexibility index (Phi) is 8.95. The van der Waals surface area contributed by atoms with E-state index in [1.54, 1.807) is 24.1 Å². The van der Waals surface area contributed by atoms with Crippen molar-refractivity contribution in [2.24, 2.45) is 5.92 Å². The lowest BCUT2D eigenvalue weighted by Gasteiger charge is -2.21. The van der Waals surface area contributed by atoms with Gasteiger partial charge in [-0.2, -0.15) is 0 Å². The van der Waals surface area contributed by atoms with Gasteiger partial charge in [-0.1, -0.05) is 25.3 Å². The highest BCUT2D eigenvalue weighted by Gasteiger charge is 2.18. The van der Waals surface area contributed by atoms with Crippen LogP contribution in [0.4, 0.5) is 0 Å². The maximum atomic E-state index is 12.2. The molecule has 1 saturated carbocycles. The van der Waals surface area contributed by atoms with Crippen LogP contribution in [0.3, 0.4) is 0 Å². The largest absolute Gasteiger partial charge is 0.493 e. The molecule has 0 atom stereocenters. The molecule has 1 aromatic carbocycles. The van der Waals surface area contributed by atoms with Gasteiger partial charge in [0.1, 0.15) is 5.75 Å². The van der Waals surface area contributed by atoms with Crippen LogP contribution in [0.25, 0.3) is 0 Å². The molecule has 0 radical (unpaired) electrons. The molecular weight excluding hydrogens is 392 g/mol. The molecule has 0 unspecified atom stereocenters. The van der Waals surface area contributed by atoms with E-state index in [9.17, 15) is 18.0 Å². The number of hydrogen-bond donors (Lipinski definition) is 1. The van der Waals surface area contributed by atoms with E-state index < -0.39 is 9.84 Å². The number of nitrogens with zero attached hydrogens (tertiary/aromatic N) is 1. The second kappa shape index (κ2) is 11.2. The SMILES string of the molecule is CN(CCCOc1cccc(S(C)(=O)=O)c1)C(=O)CNC(=O)CC1CCCCC1. The summed E-state index contributed by atoms with van der Waals surface area (Å²) in [7, 11) is -1.58. The van der Waals surface area contributed by atoms with Crippen molar-refractivity contribution in [2.45, 2.75) is 49.8 Å². The Bertz CT molecular complexity index is 788. The van der Waals surface area contributed by atoms with Gasteiger partial charge >= 0.3 is 0 Å². The summed E-state index contributed by atoms with van der Waals surface area (Å²) in [6.07, 6.45) is 8.12. The van der Waals surface area contributed by atoms with Crippen LogP contribution in [0.15, 0.2) is 29.2 Å². The van der Waals surface area contributed by atoms with Crippen LogP contribution in [0.1, 0.15) is 44.9 Å². The van der Waals surface area contributed by atoms with Gasteiger partial charge in [-0.25, -0.2) is 8.42 Å². The number of hydrogen-bond acceptors (Lipinski definition) is 5. The standard InChI is InChI=1S/C21H32N2O5S/c1-23(21(25)16-22-20(24)14-17-8-4-3-5-9-17)12-7-13-28-18-10-6-11-19(15-18)29(2,26)27/h6,10-11,15,17H,3-5,7-9,12-14,16H2,1-2H3,(H,22,24). The first-order valence-corrected chi connectivity index (χ1v) is 12.1. The second-order valence-electron chi connectivity index (χ2n) is 7.75. The third kappa shape index (κ3) is 8.43. The molecule has 1 N–H and O–H groups in total. The Balaban J connectivity index is 1.63. The van der Waals surface area contributed by atoms with Crippen LogP contribution in [0.2, 0.25) is 0 Å². The number of carbonyl (C=O) groups is 2. The Morgan fingerprint density at radius 3 is 2.62 bits per heavy atom. The zero-order chi connectivity index (χ0) is 21.3. The third-order valence-electron chi connectivity index (χ3n) is 5.20. The van der Waals surface area contributed by atoms with Crippen molar-refractivity contribution in [3.63, 3.8) is 0 Å². The van der Waals surface area contributed by atoms with E-state index in [-0.39, 0.29) is 23.3 Å². The molecule has 1 aliphatic rings. The minimum absolute atomic E-state index is 0.0132. The topological polar surface area (TPSA) is 92.8 Å². The second-order valence-corrected chi connectivity index (χ2v) is 9.76. The summed E-state index contributed by atoms with van der Waals surface area (Å²) in [5.74, 6) is 0.751. The molecular formula is C21H32N2O5S. The molecule has 8 heteroatoms. The van der Waals surface area contributed by atoms with Crippen molar-refractivity contribution in [2.75, 3.05) is 33.0 Å². The summed E-state index contributed by atoms with van der Waals surface area (Å²) < 4.78 is 28.7. The molecule has 0 heterocycles. The normalized spacial score (nSPS) is 15.0. The quantitative estimate of drug-likeness (QED) is 0.582. The molecule has 0 bridgehead atoms. The molecule has 7 nitrogen and oxygen atoms in total. The van der Waals surface area contributed by atoms with Gasteiger partial charge in [0.05, 0.1) is 18.0 Å². The van der Waals surface area contributed by atoms with Crippen molar-refractivity contribution in [3.05, 3.63) is 24.3 Å². The van der Waals surface area contributed by atoms with E-state index in [2.05, 4.69) is 5.32 Å². The average Bonchev–Trinajstić information content (AvgIpc) is 2.69. The van der Waals surface area contributed by atoms with E-state index in [0.29, 0.717) is 37.7 Å². The van der Waals surface area contributed by atoms with Gasteiger partial charge in [-0.05, 0) is 43.4 Å². The maximum Gasteiger partial charge on any atom is 0.241 e. The molecule has 162 valence electrons. The van der Waals surface area contributed by atoms with E-state index in [0.717, 1.165) is 19.1 Å². The lowest BCUT2D eigenvalue weighted by molar-refractivity contribution is -0.132. The highest BCUT2D eigenvalue weighted by atomic mass is 32.2.